The molecule has 0 amide bonds. The molecule has 0 bridgehead atoms. The van der Waals surface area contributed by atoms with Crippen LogP contribution < -0.4 is 10.6 Å². The van der Waals surface area contributed by atoms with Gasteiger partial charge in [-0.05, 0) is 101 Å². The number of fused-ring (bicyclic) bond motifs is 9. The van der Waals surface area contributed by atoms with Gasteiger partial charge in [-0.1, -0.05) is 117 Å². The van der Waals surface area contributed by atoms with Crippen LogP contribution in [0.3, 0.4) is 0 Å². The van der Waals surface area contributed by atoms with Gasteiger partial charge in [0.1, 0.15) is 0 Å². The van der Waals surface area contributed by atoms with Crippen LogP contribution in [0.15, 0.2) is 103 Å². The van der Waals surface area contributed by atoms with Crippen LogP contribution in [-0.2, 0) is 11.8 Å². The third kappa shape index (κ3) is 3.95. The Morgan fingerprint density at radius 3 is 2.30 bits per heavy atom. The fourth-order valence-electron chi connectivity index (χ4n) is 9.07. The highest BCUT2D eigenvalue weighted by Crippen LogP contribution is 2.53. The Morgan fingerprint density at radius 2 is 1.49 bits per heavy atom. The Hall–Kier alpha value is -4.66. The topological polar surface area (TPSA) is 4.93 Å². The van der Waals surface area contributed by atoms with E-state index in [-0.39, 0.29) is 5.41 Å². The van der Waals surface area contributed by atoms with Crippen molar-refractivity contribution >= 4 is 60.9 Å². The molecule has 6 aromatic rings. The molecule has 1 nitrogen and oxygen atoms in total. The van der Waals surface area contributed by atoms with Gasteiger partial charge in [-0.3, -0.25) is 0 Å². The van der Waals surface area contributed by atoms with Crippen molar-refractivity contribution < 1.29 is 0 Å². The van der Waals surface area contributed by atoms with E-state index < -0.39 is 0 Å². The molecule has 1 unspecified atom stereocenters. The second kappa shape index (κ2) is 10.2. The summed E-state index contributed by atoms with van der Waals surface area (Å²) in [5.74, 6) is 0.484. The van der Waals surface area contributed by atoms with E-state index in [4.69, 9.17) is 0 Å². The number of benzene rings is 4. The van der Waals surface area contributed by atoms with E-state index in [1.165, 1.54) is 86.6 Å². The molecular formula is C45H37NS. The molecule has 0 saturated carbocycles. The minimum Gasteiger partial charge on any atom is -0.313 e. The number of rotatable bonds is 3. The van der Waals surface area contributed by atoms with Gasteiger partial charge in [0.15, 0.2) is 0 Å². The third-order valence-corrected chi connectivity index (χ3v) is 12.7. The average molecular weight is 624 g/mol. The Bertz CT molecular complexity index is 2510. The zero-order valence-corrected chi connectivity index (χ0v) is 27.8. The smallest absolute Gasteiger partial charge is 0.0494 e. The van der Waals surface area contributed by atoms with Crippen molar-refractivity contribution in [2.45, 2.75) is 51.4 Å². The lowest BCUT2D eigenvalue weighted by Gasteiger charge is -2.31. The second-order valence-electron chi connectivity index (χ2n) is 14.3. The predicted molar refractivity (Wildman–Crippen MR) is 202 cm³/mol. The quantitative estimate of drug-likeness (QED) is 0.185. The van der Waals surface area contributed by atoms with Crippen molar-refractivity contribution in [3.63, 3.8) is 0 Å². The van der Waals surface area contributed by atoms with Gasteiger partial charge in [0.2, 0.25) is 0 Å². The lowest BCUT2D eigenvalue weighted by Crippen LogP contribution is -2.31. The van der Waals surface area contributed by atoms with Gasteiger partial charge in [0, 0.05) is 47.7 Å². The van der Waals surface area contributed by atoms with Crippen molar-refractivity contribution in [3.05, 3.63) is 142 Å². The van der Waals surface area contributed by atoms with Crippen molar-refractivity contribution in [2.24, 2.45) is 5.92 Å². The minimum absolute atomic E-state index is 0.111. The summed E-state index contributed by atoms with van der Waals surface area (Å²) in [5.41, 5.74) is 14.2. The summed E-state index contributed by atoms with van der Waals surface area (Å²) < 4.78 is 5.39. The van der Waals surface area contributed by atoms with Crippen LogP contribution in [0, 0.1) is 5.92 Å². The predicted octanol–water partition coefficient (Wildman–Crippen LogP) is 10.6. The third-order valence-electron chi connectivity index (χ3n) is 11.4. The summed E-state index contributed by atoms with van der Waals surface area (Å²) in [6, 6.07) is 32.3. The van der Waals surface area contributed by atoms with Gasteiger partial charge in [-0.25, -0.2) is 0 Å². The molecule has 0 aliphatic heterocycles. The Morgan fingerprint density at radius 1 is 0.745 bits per heavy atom. The van der Waals surface area contributed by atoms with Crippen LogP contribution in [0.1, 0.15) is 67.5 Å². The highest BCUT2D eigenvalue weighted by molar-refractivity contribution is 7.26. The molecule has 2 heterocycles. The fraction of sp³-hybridized carbons (Fsp3) is 0.200. The Kier molecular flexibility index (Phi) is 5.94. The largest absolute Gasteiger partial charge is 0.313 e. The SMILES string of the molecule is CC1(C)c2ccccc2C2=Cc3c(n(-c4ccc(-c5cccc6c5sc5c(C7=CC=CCC7)cccc56)cc4)c4c3=CCCC=4)CC21. The molecule has 4 aromatic carbocycles. The molecule has 0 saturated heterocycles. The van der Waals surface area contributed by atoms with Crippen LogP contribution in [0.4, 0.5) is 0 Å². The summed E-state index contributed by atoms with van der Waals surface area (Å²) >= 11 is 1.96. The molecule has 228 valence electrons. The Labute approximate surface area is 280 Å². The number of allylic oxidation sites excluding steroid dienone is 5. The van der Waals surface area contributed by atoms with Gasteiger partial charge in [0.05, 0.1) is 0 Å². The standard InChI is InChI=1S/C45H37NS/c1-45(2)39-20-8-6-14-33(39)37-26-38-34-15-7-9-21-41(34)46(42(38)27-40(37)45)30-24-22-29(23-25-30)32-17-11-19-36-35-18-10-16-31(43(35)47-44(32)36)28-12-4-3-5-13-28/h3-4,6,8,10-12,14-26,40H,5,7,9,13,27H2,1-2H3. The van der Waals surface area contributed by atoms with Crippen LogP contribution in [0.2, 0.25) is 0 Å². The van der Waals surface area contributed by atoms with E-state index in [1.54, 1.807) is 0 Å². The summed E-state index contributed by atoms with van der Waals surface area (Å²) in [5, 5.41) is 5.54. The summed E-state index contributed by atoms with van der Waals surface area (Å²) in [7, 11) is 0. The molecule has 1 atom stereocenters. The highest BCUT2D eigenvalue weighted by atomic mass is 32.1. The first kappa shape index (κ1) is 27.5. The van der Waals surface area contributed by atoms with Crippen LogP contribution in [-0.4, -0.2) is 4.57 Å². The lowest BCUT2D eigenvalue weighted by atomic mass is 9.73. The van der Waals surface area contributed by atoms with E-state index in [1.807, 2.05) is 11.3 Å². The minimum atomic E-state index is 0.111. The zero-order chi connectivity index (χ0) is 31.3. The number of thiophene rings is 1. The normalized spacial score (nSPS) is 18.9. The maximum Gasteiger partial charge on any atom is 0.0494 e. The molecule has 2 aromatic heterocycles. The summed E-state index contributed by atoms with van der Waals surface area (Å²) in [6.45, 7) is 4.90. The first-order valence-corrected chi connectivity index (χ1v) is 18.1. The van der Waals surface area contributed by atoms with Crippen molar-refractivity contribution in [2.75, 3.05) is 0 Å². The monoisotopic (exact) mass is 623 g/mol. The van der Waals surface area contributed by atoms with E-state index in [2.05, 4.69) is 140 Å². The first-order chi connectivity index (χ1) is 23.1. The molecule has 4 aliphatic carbocycles. The average Bonchev–Trinajstić information content (AvgIpc) is 3.74. The van der Waals surface area contributed by atoms with E-state index in [9.17, 15) is 0 Å². The zero-order valence-electron chi connectivity index (χ0n) is 27.0. The fourth-order valence-corrected chi connectivity index (χ4v) is 10.5. The van der Waals surface area contributed by atoms with E-state index >= 15 is 0 Å². The van der Waals surface area contributed by atoms with Gasteiger partial charge < -0.3 is 4.57 Å². The van der Waals surface area contributed by atoms with Gasteiger partial charge in [-0.2, -0.15) is 0 Å². The number of hydrogen-bond acceptors (Lipinski definition) is 1. The van der Waals surface area contributed by atoms with Crippen molar-refractivity contribution in [1.29, 1.82) is 0 Å². The highest BCUT2D eigenvalue weighted by Gasteiger charge is 2.45. The molecule has 10 rings (SSSR count). The second-order valence-corrected chi connectivity index (χ2v) is 15.3. The van der Waals surface area contributed by atoms with Gasteiger partial charge >= 0.3 is 0 Å². The lowest BCUT2D eigenvalue weighted by molar-refractivity contribution is 0.405. The van der Waals surface area contributed by atoms with Gasteiger partial charge in [0.25, 0.3) is 0 Å². The first-order valence-electron chi connectivity index (χ1n) is 17.2. The number of aromatic nitrogens is 1. The van der Waals surface area contributed by atoms with Gasteiger partial charge in [-0.15, -0.1) is 11.3 Å². The maximum absolute atomic E-state index is 2.59. The van der Waals surface area contributed by atoms with Crippen LogP contribution in [0.25, 0.3) is 66.4 Å². The number of nitrogens with zero attached hydrogens (tertiary/aromatic N) is 1. The van der Waals surface area contributed by atoms with E-state index in [0.717, 1.165) is 32.1 Å². The summed E-state index contributed by atoms with van der Waals surface area (Å²) in [6.07, 6.45) is 19.8. The van der Waals surface area contributed by atoms with Crippen molar-refractivity contribution in [3.8, 4) is 16.8 Å². The Balaban J connectivity index is 1.10. The molecular weight excluding hydrogens is 587 g/mol. The van der Waals surface area contributed by atoms with Crippen LogP contribution in [0.5, 0.6) is 0 Å². The molecule has 47 heavy (non-hydrogen) atoms. The molecule has 2 heteroatoms. The van der Waals surface area contributed by atoms with Crippen LogP contribution >= 0.6 is 11.3 Å². The van der Waals surface area contributed by atoms with E-state index in [0.29, 0.717) is 5.92 Å². The maximum atomic E-state index is 2.59. The molecule has 0 N–H and O–H groups in total. The molecule has 0 radical (unpaired) electrons. The molecule has 0 fully saturated rings. The molecule has 0 spiro atoms. The van der Waals surface area contributed by atoms with Crippen molar-refractivity contribution in [1.82, 2.24) is 4.57 Å². The molecule has 4 aliphatic rings. The summed E-state index contributed by atoms with van der Waals surface area (Å²) in [4.78, 5) is 0. The number of hydrogen-bond donors (Lipinski definition) is 0.